The van der Waals surface area contributed by atoms with Crippen LogP contribution in [0.4, 0.5) is 0 Å². The molecule has 0 aromatic carbocycles. The molecule has 100 valence electrons. The normalized spacial score (nSPS) is 17.4. The van der Waals surface area contributed by atoms with Gasteiger partial charge in [0.25, 0.3) is 0 Å². The van der Waals surface area contributed by atoms with Crippen LogP contribution in [-0.2, 0) is 6.42 Å². The fourth-order valence-electron chi connectivity index (χ4n) is 2.46. The first-order valence-corrected chi connectivity index (χ1v) is 7.35. The predicted molar refractivity (Wildman–Crippen MR) is 73.2 cm³/mol. The van der Waals surface area contributed by atoms with Gasteiger partial charge in [0.15, 0.2) is 0 Å². The molecule has 18 heavy (non-hydrogen) atoms. The van der Waals surface area contributed by atoms with Gasteiger partial charge in [0, 0.05) is 0 Å². The van der Waals surface area contributed by atoms with Gasteiger partial charge in [-0.2, -0.15) is 0 Å². The Bertz CT molecular complexity index is 376. The molecule has 1 fully saturated rings. The van der Waals surface area contributed by atoms with E-state index in [9.17, 15) is 0 Å². The zero-order valence-electron chi connectivity index (χ0n) is 11.0. The van der Waals surface area contributed by atoms with E-state index in [-0.39, 0.29) is 0 Å². The van der Waals surface area contributed by atoms with Crippen molar-refractivity contribution >= 4 is 11.6 Å². The summed E-state index contributed by atoms with van der Waals surface area (Å²) in [6.07, 6.45) is 11.1. The van der Waals surface area contributed by atoms with Crippen LogP contribution in [0.15, 0.2) is 6.33 Å². The summed E-state index contributed by atoms with van der Waals surface area (Å²) in [6.45, 7) is 2.12. The Hall–Kier alpha value is -0.830. The Balaban J connectivity index is 2.09. The predicted octanol–water partition coefficient (Wildman–Crippen LogP) is 4.18. The molecule has 1 aromatic rings. The Morgan fingerprint density at radius 3 is 2.61 bits per heavy atom. The zero-order chi connectivity index (χ0) is 12.8. The summed E-state index contributed by atoms with van der Waals surface area (Å²) in [5, 5.41) is 0.537. The van der Waals surface area contributed by atoms with Gasteiger partial charge in [-0.15, -0.1) is 0 Å². The number of ether oxygens (including phenoxy) is 1. The maximum Gasteiger partial charge on any atom is 0.221 e. The Morgan fingerprint density at radius 1 is 1.22 bits per heavy atom. The highest BCUT2D eigenvalue weighted by atomic mass is 35.5. The summed E-state index contributed by atoms with van der Waals surface area (Å²) in [6, 6.07) is 0. The van der Waals surface area contributed by atoms with Crippen LogP contribution in [0.2, 0.25) is 5.15 Å². The third-order valence-electron chi connectivity index (χ3n) is 3.43. The number of hydrogen-bond acceptors (Lipinski definition) is 3. The monoisotopic (exact) mass is 268 g/mol. The molecule has 0 atom stereocenters. The molecule has 1 saturated carbocycles. The summed E-state index contributed by atoms with van der Waals surface area (Å²) in [7, 11) is 0. The van der Waals surface area contributed by atoms with Gasteiger partial charge in [-0.3, -0.25) is 0 Å². The molecule has 4 heteroatoms. The smallest absolute Gasteiger partial charge is 0.221 e. The standard InChI is InChI=1S/C14H21ClN2O/c1-2-7-12-13(15)16-10-17-14(12)18-11-8-5-3-4-6-9-11/h10-11H,2-9H2,1H3. The lowest BCUT2D eigenvalue weighted by Gasteiger charge is -2.18. The lowest BCUT2D eigenvalue weighted by Crippen LogP contribution is -2.17. The van der Waals surface area contributed by atoms with Gasteiger partial charge in [-0.1, -0.05) is 37.8 Å². The topological polar surface area (TPSA) is 35.0 Å². The van der Waals surface area contributed by atoms with Crippen LogP contribution < -0.4 is 4.74 Å². The van der Waals surface area contributed by atoms with E-state index >= 15 is 0 Å². The number of nitrogens with zero attached hydrogens (tertiary/aromatic N) is 2. The van der Waals surface area contributed by atoms with Crippen LogP contribution in [0.25, 0.3) is 0 Å². The quantitative estimate of drug-likeness (QED) is 0.607. The van der Waals surface area contributed by atoms with Gasteiger partial charge < -0.3 is 4.74 Å². The summed E-state index contributed by atoms with van der Waals surface area (Å²) < 4.78 is 6.06. The van der Waals surface area contributed by atoms with Crippen molar-refractivity contribution in [2.75, 3.05) is 0 Å². The molecule has 0 saturated heterocycles. The van der Waals surface area contributed by atoms with Crippen molar-refractivity contribution in [1.82, 2.24) is 9.97 Å². The van der Waals surface area contributed by atoms with Gasteiger partial charge in [0.2, 0.25) is 5.88 Å². The first kappa shape index (κ1) is 13.6. The van der Waals surface area contributed by atoms with Gasteiger partial charge in [-0.25, -0.2) is 9.97 Å². The van der Waals surface area contributed by atoms with Crippen LogP contribution in [-0.4, -0.2) is 16.1 Å². The summed E-state index contributed by atoms with van der Waals surface area (Å²) >= 11 is 6.13. The Kier molecular flexibility index (Phi) is 5.24. The molecular weight excluding hydrogens is 248 g/mol. The highest BCUT2D eigenvalue weighted by molar-refractivity contribution is 6.30. The second kappa shape index (κ2) is 6.93. The molecule has 1 heterocycles. The van der Waals surface area contributed by atoms with Crippen LogP contribution in [0.1, 0.15) is 57.4 Å². The van der Waals surface area contributed by atoms with Crippen LogP contribution in [0.3, 0.4) is 0 Å². The van der Waals surface area contributed by atoms with E-state index in [1.165, 1.54) is 32.0 Å². The summed E-state index contributed by atoms with van der Waals surface area (Å²) in [5.41, 5.74) is 0.964. The van der Waals surface area contributed by atoms with E-state index < -0.39 is 0 Å². The average molecular weight is 269 g/mol. The number of aromatic nitrogens is 2. The average Bonchev–Trinajstić information content (AvgIpc) is 2.62. The van der Waals surface area contributed by atoms with Crippen molar-refractivity contribution in [2.24, 2.45) is 0 Å². The largest absolute Gasteiger partial charge is 0.474 e. The van der Waals surface area contributed by atoms with E-state index in [4.69, 9.17) is 16.3 Å². The molecule has 0 amide bonds. The highest BCUT2D eigenvalue weighted by Gasteiger charge is 2.17. The van der Waals surface area contributed by atoms with E-state index in [2.05, 4.69) is 16.9 Å². The second-order valence-corrected chi connectivity index (χ2v) is 5.29. The molecule has 0 N–H and O–H groups in total. The molecule has 0 aliphatic heterocycles. The van der Waals surface area contributed by atoms with Gasteiger partial charge in [0.05, 0.1) is 5.56 Å². The van der Waals surface area contributed by atoms with E-state index in [1.807, 2.05) is 0 Å². The fourth-order valence-corrected chi connectivity index (χ4v) is 2.67. The van der Waals surface area contributed by atoms with E-state index in [0.29, 0.717) is 17.1 Å². The third kappa shape index (κ3) is 3.58. The summed E-state index contributed by atoms with van der Waals surface area (Å²) in [5.74, 6) is 0.698. The first-order chi connectivity index (χ1) is 8.81. The Labute approximate surface area is 114 Å². The SMILES string of the molecule is CCCc1c(Cl)ncnc1OC1CCCCCC1. The molecule has 0 bridgehead atoms. The van der Waals surface area contributed by atoms with Crippen molar-refractivity contribution < 1.29 is 4.74 Å². The van der Waals surface area contributed by atoms with Crippen LogP contribution >= 0.6 is 11.6 Å². The zero-order valence-corrected chi connectivity index (χ0v) is 11.7. The maximum atomic E-state index is 6.13. The van der Waals surface area contributed by atoms with Crippen LogP contribution in [0, 0.1) is 0 Å². The van der Waals surface area contributed by atoms with Gasteiger partial charge in [-0.05, 0) is 32.1 Å². The Morgan fingerprint density at radius 2 is 1.94 bits per heavy atom. The molecule has 0 radical (unpaired) electrons. The molecule has 1 aromatic heterocycles. The van der Waals surface area contributed by atoms with Crippen molar-refractivity contribution in [3.63, 3.8) is 0 Å². The lowest BCUT2D eigenvalue weighted by molar-refractivity contribution is 0.174. The molecule has 2 rings (SSSR count). The minimum Gasteiger partial charge on any atom is -0.474 e. The van der Waals surface area contributed by atoms with Crippen molar-refractivity contribution in [2.45, 2.75) is 64.4 Å². The minimum absolute atomic E-state index is 0.300. The lowest BCUT2D eigenvalue weighted by atomic mass is 10.1. The molecule has 1 aliphatic rings. The maximum absolute atomic E-state index is 6.13. The van der Waals surface area contributed by atoms with Gasteiger partial charge in [0.1, 0.15) is 17.6 Å². The van der Waals surface area contributed by atoms with Crippen molar-refractivity contribution in [3.05, 3.63) is 17.0 Å². The summed E-state index contributed by atoms with van der Waals surface area (Å²) in [4.78, 5) is 8.31. The van der Waals surface area contributed by atoms with E-state index in [1.54, 1.807) is 0 Å². The molecular formula is C14H21ClN2O. The number of halogens is 1. The molecule has 0 spiro atoms. The molecule has 0 unspecified atom stereocenters. The van der Waals surface area contributed by atoms with E-state index in [0.717, 1.165) is 31.2 Å². The number of rotatable bonds is 4. The van der Waals surface area contributed by atoms with Crippen molar-refractivity contribution in [1.29, 1.82) is 0 Å². The second-order valence-electron chi connectivity index (χ2n) is 4.93. The highest BCUT2D eigenvalue weighted by Crippen LogP contribution is 2.27. The fraction of sp³-hybridized carbons (Fsp3) is 0.714. The molecule has 3 nitrogen and oxygen atoms in total. The molecule has 1 aliphatic carbocycles. The number of hydrogen-bond donors (Lipinski definition) is 0. The van der Waals surface area contributed by atoms with Crippen LogP contribution in [0.5, 0.6) is 5.88 Å². The van der Waals surface area contributed by atoms with Gasteiger partial charge >= 0.3 is 0 Å². The third-order valence-corrected chi connectivity index (χ3v) is 3.76. The van der Waals surface area contributed by atoms with Crippen molar-refractivity contribution in [3.8, 4) is 5.88 Å². The minimum atomic E-state index is 0.300. The first-order valence-electron chi connectivity index (χ1n) is 6.97.